The molecular weight excluding hydrogens is 198 g/mol. The minimum atomic E-state index is -2.69. The van der Waals surface area contributed by atoms with E-state index in [0.29, 0.717) is 0 Å². The predicted octanol–water partition coefficient (Wildman–Crippen LogP) is -0.305. The summed E-state index contributed by atoms with van der Waals surface area (Å²) in [5.74, 6) is -0.577. The summed E-state index contributed by atoms with van der Waals surface area (Å²) in [5.41, 5.74) is 0. The van der Waals surface area contributed by atoms with Crippen LogP contribution in [0.5, 0.6) is 0 Å². The van der Waals surface area contributed by atoms with Crippen molar-refractivity contribution in [1.29, 1.82) is 0 Å². The molecule has 0 fully saturated rings. The van der Waals surface area contributed by atoms with Gasteiger partial charge in [0.2, 0.25) is 10.3 Å². The van der Waals surface area contributed by atoms with E-state index in [9.17, 15) is 18.5 Å². The van der Waals surface area contributed by atoms with Crippen LogP contribution in [-0.4, -0.2) is 29.4 Å². The van der Waals surface area contributed by atoms with Gasteiger partial charge in [0.05, 0.1) is 0 Å². The molecule has 0 radical (unpaired) electrons. The topological polar surface area (TPSA) is 97.5 Å². The van der Waals surface area contributed by atoms with Gasteiger partial charge in [-0.05, 0) is 12.2 Å². The van der Waals surface area contributed by atoms with Crippen LogP contribution in [0, 0.1) is 10.1 Å². The zero-order valence-electron chi connectivity index (χ0n) is 6.25. The average molecular weight is 203 g/mol. The summed E-state index contributed by atoms with van der Waals surface area (Å²) >= 11 is 0. The lowest BCUT2D eigenvalue weighted by atomic mass is 10.1. The fourth-order valence-electron chi connectivity index (χ4n) is 0.928. The molecule has 0 saturated carbocycles. The zero-order chi connectivity index (χ0) is 10.0. The highest BCUT2D eigenvalue weighted by atomic mass is 32.2. The second-order valence-electron chi connectivity index (χ2n) is 2.28. The Labute approximate surface area is 74.5 Å². The molecule has 7 heteroatoms. The molecule has 1 rings (SSSR count). The highest BCUT2D eigenvalue weighted by Gasteiger charge is 2.32. The van der Waals surface area contributed by atoms with Crippen molar-refractivity contribution in [2.75, 3.05) is 0 Å². The molecule has 1 atom stereocenters. The molecule has 1 unspecified atom stereocenters. The summed E-state index contributed by atoms with van der Waals surface area (Å²) in [5, 5.41) is 19.4. The van der Waals surface area contributed by atoms with Gasteiger partial charge in [0, 0.05) is 4.92 Å². The molecule has 0 aromatic heterocycles. The summed E-state index contributed by atoms with van der Waals surface area (Å²) in [6.07, 6.45) is 3.40. The van der Waals surface area contributed by atoms with Crippen LogP contribution in [0.4, 0.5) is 0 Å². The first-order chi connectivity index (χ1) is 6.04. The highest BCUT2D eigenvalue weighted by Crippen LogP contribution is 2.10. The zero-order valence-corrected chi connectivity index (χ0v) is 7.06. The highest BCUT2D eigenvalue weighted by molar-refractivity contribution is 7.73. The lowest BCUT2D eigenvalue weighted by Gasteiger charge is -2.08. The molecule has 1 N–H and O–H groups in total. The number of aliphatic hydroxyl groups excluding tert-OH is 1. The number of nitrogens with zero attached hydrogens (tertiary/aromatic N) is 1. The van der Waals surface area contributed by atoms with E-state index in [-0.39, 0.29) is 0 Å². The van der Waals surface area contributed by atoms with Gasteiger partial charge in [0.1, 0.15) is 0 Å². The van der Waals surface area contributed by atoms with Crippen LogP contribution in [-0.2, 0) is 10.3 Å². The van der Waals surface area contributed by atoms with Gasteiger partial charge in [-0.2, -0.15) is 8.42 Å². The van der Waals surface area contributed by atoms with Crippen molar-refractivity contribution in [1.82, 2.24) is 0 Å². The minimum absolute atomic E-state index is 0.440. The summed E-state index contributed by atoms with van der Waals surface area (Å²) < 4.78 is 21.0. The van der Waals surface area contributed by atoms with E-state index in [0.717, 1.165) is 12.2 Å². The Morgan fingerprint density at radius 3 is 2.54 bits per heavy atom. The van der Waals surface area contributed by atoms with Crippen LogP contribution in [0.15, 0.2) is 24.0 Å². The molecule has 1 aliphatic carbocycles. The number of nitro groups is 1. The molecule has 70 valence electrons. The van der Waals surface area contributed by atoms with Crippen LogP contribution in [0.2, 0.25) is 0 Å². The molecule has 6 nitrogen and oxygen atoms in total. The normalized spacial score (nSPS) is 21.1. The first-order valence-electron chi connectivity index (χ1n) is 3.21. The van der Waals surface area contributed by atoms with E-state index in [4.69, 9.17) is 5.11 Å². The Morgan fingerprint density at radius 2 is 2.15 bits per heavy atom. The summed E-state index contributed by atoms with van der Waals surface area (Å²) in [4.78, 5) is 9.06. The largest absolute Gasteiger partial charge is 0.505 e. The Kier molecular flexibility index (Phi) is 2.47. The van der Waals surface area contributed by atoms with E-state index in [2.05, 4.69) is 0 Å². The number of hydrogen-bond donors (Lipinski definition) is 1. The molecule has 0 amide bonds. The number of aliphatic hydroxyl groups is 1. The maximum Gasteiger partial charge on any atom is 0.308 e. The molecule has 13 heavy (non-hydrogen) atoms. The number of rotatable bonds is 1. The Bertz CT molecular complexity index is 422. The minimum Gasteiger partial charge on any atom is -0.505 e. The smallest absolute Gasteiger partial charge is 0.308 e. The standard InChI is InChI=1S/C6H5NO5S/c8-4-2-1-3-5(13(11)12)6(4)7(9)10/h1-3,6,8H. The van der Waals surface area contributed by atoms with E-state index in [1.165, 1.54) is 6.08 Å². The van der Waals surface area contributed by atoms with E-state index >= 15 is 0 Å². The summed E-state index contributed by atoms with van der Waals surface area (Å²) in [6, 6.07) is -1.66. The van der Waals surface area contributed by atoms with Crippen molar-refractivity contribution in [3.8, 4) is 0 Å². The molecule has 0 saturated heterocycles. The Hall–Kier alpha value is -1.63. The SMILES string of the molecule is O=[N+]([O-])C1C(O)=CC=CC1=S(=O)=O. The third-order valence-electron chi connectivity index (χ3n) is 1.48. The number of allylic oxidation sites excluding steroid dienone is 2. The van der Waals surface area contributed by atoms with Crippen LogP contribution in [0.1, 0.15) is 0 Å². The van der Waals surface area contributed by atoms with Gasteiger partial charge in [-0.25, -0.2) is 0 Å². The van der Waals surface area contributed by atoms with Crippen LogP contribution < -0.4 is 0 Å². The summed E-state index contributed by atoms with van der Waals surface area (Å²) in [7, 11) is -2.69. The van der Waals surface area contributed by atoms with Gasteiger partial charge in [-0.15, -0.1) is 0 Å². The fraction of sp³-hybridized carbons (Fsp3) is 0.167. The molecule has 0 spiro atoms. The molecule has 0 aromatic rings. The molecule has 0 aromatic carbocycles. The molecule has 0 bridgehead atoms. The Morgan fingerprint density at radius 1 is 1.54 bits per heavy atom. The third-order valence-corrected chi connectivity index (χ3v) is 2.22. The lowest BCUT2D eigenvalue weighted by Crippen LogP contribution is -2.32. The average Bonchev–Trinajstić information content (AvgIpc) is 2.02. The van der Waals surface area contributed by atoms with Gasteiger partial charge in [0.25, 0.3) is 0 Å². The van der Waals surface area contributed by atoms with Crippen LogP contribution in [0.25, 0.3) is 0 Å². The van der Waals surface area contributed by atoms with Crippen molar-refractivity contribution in [2.45, 2.75) is 6.04 Å². The molecular formula is C6H5NO5S. The van der Waals surface area contributed by atoms with Gasteiger partial charge in [-0.1, -0.05) is 6.08 Å². The second kappa shape index (κ2) is 3.40. The second-order valence-corrected chi connectivity index (χ2v) is 3.22. The van der Waals surface area contributed by atoms with Crippen molar-refractivity contribution >= 4 is 15.2 Å². The Balaban J connectivity index is 3.31. The van der Waals surface area contributed by atoms with Gasteiger partial charge < -0.3 is 5.11 Å². The molecule has 0 aliphatic heterocycles. The summed E-state index contributed by atoms with van der Waals surface area (Å²) in [6.45, 7) is 0. The van der Waals surface area contributed by atoms with E-state index in [1.807, 2.05) is 0 Å². The van der Waals surface area contributed by atoms with E-state index < -0.39 is 31.9 Å². The van der Waals surface area contributed by atoms with E-state index in [1.54, 1.807) is 0 Å². The first kappa shape index (κ1) is 9.46. The predicted molar refractivity (Wildman–Crippen MR) is 44.6 cm³/mol. The van der Waals surface area contributed by atoms with Crippen molar-refractivity contribution < 1.29 is 18.4 Å². The molecule has 0 heterocycles. The molecule has 1 aliphatic rings. The fourth-order valence-corrected chi connectivity index (χ4v) is 1.51. The maximum atomic E-state index is 10.5. The maximum absolute atomic E-state index is 10.5. The van der Waals surface area contributed by atoms with Gasteiger partial charge >= 0.3 is 6.04 Å². The van der Waals surface area contributed by atoms with Gasteiger partial charge in [0.15, 0.2) is 10.6 Å². The number of hydrogen-bond acceptors (Lipinski definition) is 5. The van der Waals surface area contributed by atoms with Crippen molar-refractivity contribution in [3.05, 3.63) is 34.1 Å². The van der Waals surface area contributed by atoms with Crippen LogP contribution >= 0.6 is 0 Å². The quantitative estimate of drug-likeness (QED) is 0.358. The van der Waals surface area contributed by atoms with Crippen molar-refractivity contribution in [3.63, 3.8) is 0 Å². The van der Waals surface area contributed by atoms with Crippen LogP contribution in [0.3, 0.4) is 0 Å². The monoisotopic (exact) mass is 203 g/mol. The van der Waals surface area contributed by atoms with Gasteiger partial charge in [-0.3, -0.25) is 10.1 Å². The third kappa shape index (κ3) is 1.75. The first-order valence-corrected chi connectivity index (χ1v) is 4.28. The van der Waals surface area contributed by atoms with Crippen molar-refractivity contribution in [2.24, 2.45) is 0 Å². The lowest BCUT2D eigenvalue weighted by molar-refractivity contribution is -0.496.